The molecule has 0 amide bonds. The van der Waals surface area contributed by atoms with Gasteiger partial charge in [-0.2, -0.15) is 8.42 Å². The Morgan fingerprint density at radius 3 is 1.12 bits per heavy atom. The molecule has 0 spiro atoms. The van der Waals surface area contributed by atoms with Crippen molar-refractivity contribution in [2.45, 2.75) is 0 Å². The van der Waals surface area contributed by atoms with Gasteiger partial charge in [0.15, 0.2) is 0 Å². The Balaban J connectivity index is -0.0000000267. The first-order chi connectivity index (χ1) is 2.00. The van der Waals surface area contributed by atoms with Crippen LogP contribution in [0.3, 0.4) is 0 Å². The molecule has 8 heavy (non-hydrogen) atoms. The molecule has 0 fully saturated rings. The average molecular weight is 191 g/mol. The summed E-state index contributed by atoms with van der Waals surface area (Å²) in [7, 11) is -4.67. The molecule has 0 rings (SSSR count). The van der Waals surface area contributed by atoms with Crippen LogP contribution in [0.1, 0.15) is 0 Å². The van der Waals surface area contributed by atoms with Crippen molar-refractivity contribution in [1.82, 2.24) is 0 Å². The summed E-state index contributed by atoms with van der Waals surface area (Å²) in [6.45, 7) is 0. The molecular formula is H5NaO5SV. The van der Waals surface area contributed by atoms with E-state index in [2.05, 4.69) is 0 Å². The Kier molecular flexibility index (Phi) is 23.9. The quantitative estimate of drug-likeness (QED) is 0.337. The summed E-state index contributed by atoms with van der Waals surface area (Å²) >= 11 is 0. The minimum Gasteiger partial charge on any atom is 0 e. The van der Waals surface area contributed by atoms with Crippen molar-refractivity contribution in [3.63, 3.8) is 0 Å². The molecule has 0 unspecified atom stereocenters. The molecule has 0 aromatic heterocycles. The van der Waals surface area contributed by atoms with E-state index in [0.717, 1.165) is 0 Å². The summed E-state index contributed by atoms with van der Waals surface area (Å²) in [6, 6.07) is 0. The first kappa shape index (κ1) is 22.7. The van der Waals surface area contributed by atoms with Crippen molar-refractivity contribution in [3.8, 4) is 0 Å². The molecule has 0 heterocycles. The standard InChI is InChI=1S/Na.H2O4S.H2O.V.H/c;1-5(2,3)4;;;/h;(H2,1,2,3,4);1H2;;. The second-order valence-electron chi connectivity index (χ2n) is 0.448. The Bertz CT molecular complexity index is 95.6. The van der Waals surface area contributed by atoms with Gasteiger partial charge in [0.05, 0.1) is 0 Å². The van der Waals surface area contributed by atoms with Gasteiger partial charge >= 0.3 is 40.0 Å². The van der Waals surface area contributed by atoms with E-state index < -0.39 is 10.4 Å². The molecule has 0 aliphatic carbocycles. The zero-order chi connectivity index (χ0) is 4.50. The van der Waals surface area contributed by atoms with Crippen molar-refractivity contribution in [1.29, 1.82) is 0 Å². The molecule has 5 nitrogen and oxygen atoms in total. The zero-order valence-corrected chi connectivity index (χ0v) is 5.28. The smallest absolute Gasteiger partial charge is 0 e. The third-order valence-electron chi connectivity index (χ3n) is 0. The molecule has 8 heteroatoms. The monoisotopic (exact) mass is 191 g/mol. The van der Waals surface area contributed by atoms with Crippen molar-refractivity contribution in [3.05, 3.63) is 0 Å². The van der Waals surface area contributed by atoms with Crippen molar-refractivity contribution in [2.75, 3.05) is 0 Å². The molecule has 0 atom stereocenters. The van der Waals surface area contributed by atoms with Gasteiger partial charge in [0, 0.05) is 18.6 Å². The SMILES string of the molecule is O.O=S(=O)(O)O.[NaH].[V]. The normalized spacial score (nSPS) is 7.25. The van der Waals surface area contributed by atoms with Crippen LogP contribution in [0.25, 0.3) is 0 Å². The van der Waals surface area contributed by atoms with Crippen molar-refractivity contribution >= 4 is 40.0 Å². The number of rotatable bonds is 0. The van der Waals surface area contributed by atoms with E-state index in [9.17, 15) is 0 Å². The summed E-state index contributed by atoms with van der Waals surface area (Å²) in [5.74, 6) is 0. The van der Waals surface area contributed by atoms with E-state index in [-0.39, 0.29) is 53.6 Å². The van der Waals surface area contributed by atoms with Crippen LogP contribution in [0.4, 0.5) is 0 Å². The maximum Gasteiger partial charge on any atom is 0 e. The fraction of sp³-hybridized carbons (Fsp3) is 0. The maximum atomic E-state index is 8.74. The van der Waals surface area contributed by atoms with E-state index in [1.54, 1.807) is 0 Å². The Morgan fingerprint density at radius 1 is 1.12 bits per heavy atom. The van der Waals surface area contributed by atoms with Gasteiger partial charge in [-0.05, 0) is 0 Å². The van der Waals surface area contributed by atoms with Crippen LogP contribution in [-0.2, 0) is 29.0 Å². The van der Waals surface area contributed by atoms with Gasteiger partial charge in [-0.1, -0.05) is 0 Å². The van der Waals surface area contributed by atoms with Crippen LogP contribution in [0.5, 0.6) is 0 Å². The minimum absolute atomic E-state index is 0. The van der Waals surface area contributed by atoms with Crippen molar-refractivity contribution in [2.24, 2.45) is 0 Å². The summed E-state index contributed by atoms with van der Waals surface area (Å²) in [4.78, 5) is 0. The molecule has 0 aliphatic rings. The third kappa shape index (κ3) is 152. The Labute approximate surface area is 80.9 Å². The first-order valence-corrected chi connectivity index (χ1v) is 2.10. The second kappa shape index (κ2) is 8.41. The molecule has 0 aromatic carbocycles. The van der Waals surface area contributed by atoms with Crippen LogP contribution in [0.15, 0.2) is 0 Å². The van der Waals surface area contributed by atoms with Crippen molar-refractivity contribution < 1.29 is 41.6 Å². The predicted molar refractivity (Wildman–Crippen MR) is 24.9 cm³/mol. The van der Waals surface area contributed by atoms with Crippen LogP contribution in [0.2, 0.25) is 0 Å². The van der Waals surface area contributed by atoms with Crippen LogP contribution >= 0.6 is 0 Å². The Hall–Kier alpha value is 1.41. The molecule has 1 radical (unpaired) electrons. The zero-order valence-electron chi connectivity index (χ0n) is 3.07. The van der Waals surface area contributed by atoms with Gasteiger partial charge in [-0.3, -0.25) is 9.11 Å². The number of hydrogen-bond donors (Lipinski definition) is 2. The Morgan fingerprint density at radius 2 is 1.12 bits per heavy atom. The molecule has 4 N–H and O–H groups in total. The minimum atomic E-state index is -4.67. The largest absolute Gasteiger partial charge is 0 e. The molecule has 0 aromatic rings. The number of hydrogen-bond acceptors (Lipinski definition) is 2. The third-order valence-corrected chi connectivity index (χ3v) is 0. The summed E-state index contributed by atoms with van der Waals surface area (Å²) in [5, 5.41) is 0. The van der Waals surface area contributed by atoms with Gasteiger partial charge in [0.25, 0.3) is 0 Å². The maximum absolute atomic E-state index is 8.74. The summed E-state index contributed by atoms with van der Waals surface area (Å²) in [5.41, 5.74) is 0. The van der Waals surface area contributed by atoms with Crippen LogP contribution < -0.4 is 0 Å². The topological polar surface area (TPSA) is 106 Å². The van der Waals surface area contributed by atoms with E-state index in [4.69, 9.17) is 17.5 Å². The molecule has 0 saturated heterocycles. The predicted octanol–water partition coefficient (Wildman–Crippen LogP) is -2.13. The fourth-order valence-electron chi connectivity index (χ4n) is 0. The second-order valence-corrected chi connectivity index (χ2v) is 1.34. The summed E-state index contributed by atoms with van der Waals surface area (Å²) in [6.07, 6.45) is 0. The van der Waals surface area contributed by atoms with Crippen LogP contribution in [0, 0.1) is 0 Å². The van der Waals surface area contributed by atoms with E-state index >= 15 is 0 Å². The van der Waals surface area contributed by atoms with E-state index in [0.29, 0.717) is 0 Å². The van der Waals surface area contributed by atoms with Crippen LogP contribution in [-0.4, -0.2) is 52.6 Å². The molecule has 0 aliphatic heterocycles. The molecular weight excluding hydrogens is 186 g/mol. The van der Waals surface area contributed by atoms with Gasteiger partial charge < -0.3 is 5.48 Å². The van der Waals surface area contributed by atoms with Gasteiger partial charge in [-0.15, -0.1) is 0 Å². The fourth-order valence-corrected chi connectivity index (χ4v) is 0. The first-order valence-electron chi connectivity index (χ1n) is 0.698. The van der Waals surface area contributed by atoms with E-state index in [1.165, 1.54) is 0 Å². The molecule has 47 valence electrons. The summed E-state index contributed by atoms with van der Waals surface area (Å²) < 4.78 is 31.6. The van der Waals surface area contributed by atoms with Gasteiger partial charge in [0.1, 0.15) is 0 Å². The molecule has 0 saturated carbocycles. The average Bonchev–Trinajstić information content (AvgIpc) is 0.722. The van der Waals surface area contributed by atoms with E-state index in [1.807, 2.05) is 0 Å². The molecule has 0 bridgehead atoms. The van der Waals surface area contributed by atoms with Gasteiger partial charge in [0.2, 0.25) is 0 Å². The van der Waals surface area contributed by atoms with Gasteiger partial charge in [-0.25, -0.2) is 0 Å².